The van der Waals surface area contributed by atoms with E-state index in [1.807, 2.05) is 88.5 Å². The molecule has 0 N–H and O–H groups in total. The lowest BCUT2D eigenvalue weighted by Gasteiger charge is -2.47. The molecule has 3 aromatic rings. The maximum absolute atomic E-state index is 7.02. The molecule has 7 rings (SSSR count). The van der Waals surface area contributed by atoms with E-state index >= 15 is 0 Å². The second kappa shape index (κ2) is 19.1. The van der Waals surface area contributed by atoms with Gasteiger partial charge in [-0.05, 0) is 57.6 Å². The van der Waals surface area contributed by atoms with Gasteiger partial charge < -0.3 is 52.1 Å². The number of benzene rings is 3. The van der Waals surface area contributed by atoms with E-state index in [2.05, 4.69) is 65.9 Å². The van der Waals surface area contributed by atoms with Crippen LogP contribution in [-0.4, -0.2) is 102 Å². The molecule has 2 unspecified atom stereocenters. The van der Waals surface area contributed by atoms with Crippen LogP contribution in [0.25, 0.3) is 0 Å². The van der Waals surface area contributed by atoms with Gasteiger partial charge in [-0.1, -0.05) is 114 Å². The van der Waals surface area contributed by atoms with Crippen LogP contribution >= 0.6 is 34.4 Å². The summed E-state index contributed by atoms with van der Waals surface area (Å²) in [7, 11) is 0. The molecule has 4 heterocycles. The third kappa shape index (κ3) is 10.7. The molecule has 56 heavy (non-hydrogen) atoms. The van der Waals surface area contributed by atoms with Crippen LogP contribution in [0.15, 0.2) is 91.0 Å². The van der Waals surface area contributed by atoms with Crippen LogP contribution in [-0.2, 0) is 71.9 Å². The topological polar surface area (TPSA) is 102 Å². The lowest BCUT2D eigenvalue weighted by Crippen LogP contribution is -2.61. The molecule has 0 amide bonds. The zero-order chi connectivity index (χ0) is 39.3. The van der Waals surface area contributed by atoms with Crippen LogP contribution in [0.4, 0.5) is 0 Å². The van der Waals surface area contributed by atoms with E-state index in [1.165, 1.54) is 0 Å². The zero-order valence-corrected chi connectivity index (χ0v) is 35.9. The van der Waals surface area contributed by atoms with Crippen LogP contribution in [0.5, 0.6) is 0 Å². The van der Waals surface area contributed by atoms with Gasteiger partial charge in [-0.25, -0.2) is 0 Å². The van der Waals surface area contributed by atoms with Gasteiger partial charge in [0, 0.05) is 0 Å². The number of hydrogen-bond donors (Lipinski definition) is 0. The normalized spacial score (nSPS) is 33.1. The Bertz CT molecular complexity index is 1640. The molecule has 11 nitrogen and oxygen atoms in total. The van der Waals surface area contributed by atoms with Gasteiger partial charge in [-0.3, -0.25) is 0 Å². The van der Waals surface area contributed by atoms with Gasteiger partial charge in [0.05, 0.1) is 37.0 Å². The first-order valence-corrected chi connectivity index (χ1v) is 21.9. The highest BCUT2D eigenvalue weighted by Crippen LogP contribution is 2.44. The van der Waals surface area contributed by atoms with Crippen molar-refractivity contribution < 1.29 is 52.1 Å². The van der Waals surface area contributed by atoms with Crippen LogP contribution in [0.3, 0.4) is 0 Å². The molecule has 0 bridgehead atoms. The Balaban J connectivity index is 1.12. The molecule has 0 spiro atoms. The lowest BCUT2D eigenvalue weighted by molar-refractivity contribution is -0.294. The lowest BCUT2D eigenvalue weighted by atomic mass is 9.98. The molecule has 306 valence electrons. The number of halogens is 1. The number of alkyl halides is 1. The number of fused-ring (bicyclic) bond motifs is 3. The monoisotopic (exact) mass is 906 g/mol. The molecule has 12 atom stereocenters. The van der Waals surface area contributed by atoms with Crippen LogP contribution < -0.4 is 0 Å². The van der Waals surface area contributed by atoms with Gasteiger partial charge >= 0.3 is 0 Å². The summed E-state index contributed by atoms with van der Waals surface area (Å²) in [6.07, 6.45) is -3.14. The van der Waals surface area contributed by atoms with Crippen molar-refractivity contribution in [3.63, 3.8) is 0 Å². The average molecular weight is 907 g/mol. The van der Waals surface area contributed by atoms with Crippen molar-refractivity contribution in [2.75, 3.05) is 19.5 Å². The molecule has 13 heteroatoms. The van der Waals surface area contributed by atoms with Crippen LogP contribution in [0.2, 0.25) is 0 Å². The largest absolute Gasteiger partial charge is 0.374 e. The highest BCUT2D eigenvalue weighted by Gasteiger charge is 2.61. The van der Waals surface area contributed by atoms with Gasteiger partial charge in [0.2, 0.25) is 0 Å². The SMILES string of the molecule is CS[C@@H]1O[C@H](COCc2ccccc2)[C@@H](OCc2ccccc2)[C@H](OCc2ccccc2)[C@H]1OC(OC[C@H]1O[C@@H]2OC(C)(C)O[C@@H]2[C@H]2OC(C)(C)O[C@H]21)C(C)I. The minimum atomic E-state index is -0.821. The van der Waals surface area contributed by atoms with Gasteiger partial charge in [0.1, 0.15) is 54.3 Å². The molecular weight excluding hydrogens is 851 g/mol. The maximum atomic E-state index is 7.02. The van der Waals surface area contributed by atoms with Crippen molar-refractivity contribution in [1.82, 2.24) is 0 Å². The summed E-state index contributed by atoms with van der Waals surface area (Å²) in [5.41, 5.74) is 2.74. The molecule has 3 aromatic carbocycles. The third-order valence-electron chi connectivity index (χ3n) is 10.1. The molecule has 0 saturated carbocycles. The van der Waals surface area contributed by atoms with E-state index < -0.39 is 72.3 Å². The number of thioether (sulfide) groups is 1. The quantitative estimate of drug-likeness (QED) is 0.0767. The van der Waals surface area contributed by atoms with E-state index in [-0.39, 0.29) is 16.6 Å². The van der Waals surface area contributed by atoms with E-state index in [0.717, 1.165) is 16.7 Å². The molecule has 4 aliphatic rings. The summed E-state index contributed by atoms with van der Waals surface area (Å²) in [4.78, 5) is 0. The Morgan fingerprint density at radius 2 is 1.16 bits per heavy atom. The van der Waals surface area contributed by atoms with Crippen molar-refractivity contribution in [1.29, 1.82) is 0 Å². The minimum Gasteiger partial charge on any atom is -0.374 e. The van der Waals surface area contributed by atoms with Gasteiger partial charge in [-0.15, -0.1) is 11.8 Å². The molecule has 0 aliphatic carbocycles. The first-order valence-electron chi connectivity index (χ1n) is 19.4. The number of ether oxygens (including phenoxy) is 11. The van der Waals surface area contributed by atoms with Crippen molar-refractivity contribution in [2.45, 2.75) is 137 Å². The first-order chi connectivity index (χ1) is 27.0. The van der Waals surface area contributed by atoms with Crippen molar-refractivity contribution in [3.8, 4) is 0 Å². The van der Waals surface area contributed by atoms with Gasteiger partial charge in [-0.2, -0.15) is 0 Å². The Kier molecular flexibility index (Phi) is 14.5. The molecule has 4 fully saturated rings. The minimum absolute atomic E-state index is 0.0742. The predicted molar refractivity (Wildman–Crippen MR) is 219 cm³/mol. The summed E-state index contributed by atoms with van der Waals surface area (Å²) in [5.74, 6) is -1.64. The fraction of sp³-hybridized carbons (Fsp3) is 0.581. The van der Waals surface area contributed by atoms with Crippen molar-refractivity contribution >= 4 is 34.4 Å². The fourth-order valence-electron chi connectivity index (χ4n) is 7.59. The average Bonchev–Trinajstić information content (AvgIpc) is 3.69. The summed E-state index contributed by atoms with van der Waals surface area (Å²) < 4.78 is 72.0. The molecule has 0 aromatic heterocycles. The standard InChI is InChI=1S/C43H55IO11S/c1-27(44)39(48-26-32-34-36(53-42(2,3)52-34)37-40(49-32)55-43(4,5)54-37)51-38-35(47-24-30-20-14-9-15-21-30)33(46-23-29-18-12-8-13-19-29)31(50-41(38)56-6)25-45-22-28-16-10-7-11-17-28/h7-21,27,31-41H,22-26H2,1-6H3/t27?,31-,32-,33-,34+,35+,36+,37-,38-,39?,40-,41+/m1/s1. The highest BCUT2D eigenvalue weighted by molar-refractivity contribution is 14.1. The Morgan fingerprint density at radius 1 is 0.625 bits per heavy atom. The van der Waals surface area contributed by atoms with E-state index in [4.69, 9.17) is 52.1 Å². The van der Waals surface area contributed by atoms with Crippen LogP contribution in [0, 0.1) is 0 Å². The summed E-state index contributed by atoms with van der Waals surface area (Å²) in [6.45, 7) is 11.2. The molecular formula is C43H55IO11S. The number of rotatable bonds is 17. The van der Waals surface area contributed by atoms with Crippen LogP contribution in [0.1, 0.15) is 51.3 Å². The smallest absolute Gasteiger partial charge is 0.190 e. The molecule has 4 aliphatic heterocycles. The van der Waals surface area contributed by atoms with E-state index in [0.29, 0.717) is 26.4 Å². The summed E-state index contributed by atoms with van der Waals surface area (Å²) in [6, 6.07) is 30.4. The van der Waals surface area contributed by atoms with Gasteiger partial charge in [0.15, 0.2) is 24.2 Å². The Labute approximate surface area is 348 Å². The number of hydrogen-bond acceptors (Lipinski definition) is 12. The van der Waals surface area contributed by atoms with E-state index in [1.54, 1.807) is 11.8 Å². The van der Waals surface area contributed by atoms with Crippen molar-refractivity contribution in [2.24, 2.45) is 0 Å². The first kappa shape index (κ1) is 42.4. The second-order valence-electron chi connectivity index (χ2n) is 15.5. The Morgan fingerprint density at radius 3 is 1.75 bits per heavy atom. The van der Waals surface area contributed by atoms with E-state index in [9.17, 15) is 0 Å². The summed E-state index contributed by atoms with van der Waals surface area (Å²) >= 11 is 3.91. The highest BCUT2D eigenvalue weighted by atomic mass is 127. The third-order valence-corrected chi connectivity index (χ3v) is 11.6. The summed E-state index contributed by atoms with van der Waals surface area (Å²) in [5, 5.41) is 0. The molecule has 4 saturated heterocycles. The van der Waals surface area contributed by atoms with Gasteiger partial charge in [0.25, 0.3) is 0 Å². The fourth-order valence-corrected chi connectivity index (χ4v) is 8.71. The predicted octanol–water partition coefficient (Wildman–Crippen LogP) is 7.41. The maximum Gasteiger partial charge on any atom is 0.190 e. The Hall–Kier alpha value is -1.70. The molecule has 0 radical (unpaired) electrons. The zero-order valence-electron chi connectivity index (χ0n) is 32.9. The second-order valence-corrected chi connectivity index (χ2v) is 18.4. The van der Waals surface area contributed by atoms with Crippen molar-refractivity contribution in [3.05, 3.63) is 108 Å².